The first kappa shape index (κ1) is 15.4. The van der Waals surface area contributed by atoms with Crippen LogP contribution in [0.3, 0.4) is 0 Å². The average Bonchev–Trinajstić information content (AvgIpc) is 2.37. The van der Waals surface area contributed by atoms with Gasteiger partial charge in [0.15, 0.2) is 0 Å². The van der Waals surface area contributed by atoms with Crippen molar-refractivity contribution >= 4 is 22.8 Å². The van der Waals surface area contributed by atoms with E-state index in [9.17, 15) is 9.59 Å². The molecule has 4 heteroatoms. The molecule has 0 fully saturated rings. The number of aryl methyl sites for hydroxylation is 1. The lowest BCUT2D eigenvalue weighted by molar-refractivity contribution is 0.0596. The van der Waals surface area contributed by atoms with Gasteiger partial charge in [-0.2, -0.15) is 0 Å². The van der Waals surface area contributed by atoms with Gasteiger partial charge in [0.2, 0.25) is 0 Å². The van der Waals surface area contributed by atoms with Crippen molar-refractivity contribution in [3.8, 4) is 0 Å². The Kier molecular flexibility index (Phi) is 5.77. The van der Waals surface area contributed by atoms with Crippen molar-refractivity contribution in [3.63, 3.8) is 0 Å². The van der Waals surface area contributed by atoms with Crippen LogP contribution in [0.15, 0.2) is 29.8 Å². The number of esters is 1. The Morgan fingerprint density at radius 3 is 2.53 bits per heavy atom. The molecule has 0 spiro atoms. The Hall–Kier alpha value is -1.61. The highest BCUT2D eigenvalue weighted by Gasteiger charge is 2.19. The first-order valence-electron chi connectivity index (χ1n) is 6.00. The van der Waals surface area contributed by atoms with Crippen molar-refractivity contribution in [1.29, 1.82) is 0 Å². The van der Waals surface area contributed by atoms with E-state index in [2.05, 4.69) is 6.08 Å². The van der Waals surface area contributed by atoms with Gasteiger partial charge in [0, 0.05) is 5.56 Å². The number of rotatable bonds is 5. The van der Waals surface area contributed by atoms with Gasteiger partial charge >= 0.3 is 5.97 Å². The smallest absolute Gasteiger partial charge is 0.338 e. The molecule has 0 bridgehead atoms. The van der Waals surface area contributed by atoms with E-state index in [0.29, 0.717) is 6.42 Å². The molecule has 102 valence electrons. The van der Waals surface area contributed by atoms with E-state index >= 15 is 0 Å². The topological polar surface area (TPSA) is 43.4 Å². The number of ether oxygens (including phenoxy) is 1. The zero-order valence-electron chi connectivity index (χ0n) is 11.3. The monoisotopic (exact) mass is 280 g/mol. The Labute approximate surface area is 118 Å². The SMILES string of the molecule is COC(=O)c1c(CCC=C(C)C)cccc1C(=O)Cl. The summed E-state index contributed by atoms with van der Waals surface area (Å²) in [5.41, 5.74) is 2.45. The van der Waals surface area contributed by atoms with Gasteiger partial charge in [-0.05, 0) is 49.9 Å². The van der Waals surface area contributed by atoms with Gasteiger partial charge in [-0.15, -0.1) is 0 Å². The predicted octanol–water partition coefficient (Wildman–Crippen LogP) is 3.75. The van der Waals surface area contributed by atoms with E-state index in [0.717, 1.165) is 12.0 Å². The van der Waals surface area contributed by atoms with Gasteiger partial charge in [-0.1, -0.05) is 23.8 Å². The van der Waals surface area contributed by atoms with Crippen LogP contribution >= 0.6 is 11.6 Å². The molecule has 0 heterocycles. The van der Waals surface area contributed by atoms with Crippen LogP contribution in [0.25, 0.3) is 0 Å². The van der Waals surface area contributed by atoms with E-state index in [4.69, 9.17) is 16.3 Å². The predicted molar refractivity (Wildman–Crippen MR) is 75.7 cm³/mol. The van der Waals surface area contributed by atoms with E-state index in [1.165, 1.54) is 18.7 Å². The van der Waals surface area contributed by atoms with Gasteiger partial charge < -0.3 is 4.74 Å². The maximum Gasteiger partial charge on any atom is 0.338 e. The minimum Gasteiger partial charge on any atom is -0.465 e. The molecule has 0 aromatic heterocycles. The Bertz CT molecular complexity index is 514. The second kappa shape index (κ2) is 7.10. The molecule has 0 unspecified atom stereocenters. The average molecular weight is 281 g/mol. The summed E-state index contributed by atoms with van der Waals surface area (Å²) in [6.45, 7) is 4.03. The molecule has 0 saturated heterocycles. The fourth-order valence-electron chi connectivity index (χ4n) is 1.83. The summed E-state index contributed by atoms with van der Waals surface area (Å²) < 4.78 is 4.73. The standard InChI is InChI=1S/C15H17ClO3/c1-10(2)6-4-7-11-8-5-9-12(14(16)17)13(11)15(18)19-3/h5-6,8-9H,4,7H2,1-3H3. The highest BCUT2D eigenvalue weighted by Crippen LogP contribution is 2.20. The summed E-state index contributed by atoms with van der Waals surface area (Å²) in [5.74, 6) is -0.531. The number of methoxy groups -OCH3 is 1. The number of benzene rings is 1. The summed E-state index contributed by atoms with van der Waals surface area (Å²) in [6, 6.07) is 5.07. The number of carbonyl (C=O) groups excluding carboxylic acids is 2. The van der Waals surface area contributed by atoms with Crippen molar-refractivity contribution in [3.05, 3.63) is 46.5 Å². The molecule has 0 N–H and O–H groups in total. The quantitative estimate of drug-likeness (QED) is 0.469. The molecule has 1 rings (SSSR count). The minimum absolute atomic E-state index is 0.197. The van der Waals surface area contributed by atoms with Crippen LogP contribution in [0.4, 0.5) is 0 Å². The fraction of sp³-hybridized carbons (Fsp3) is 0.333. The fourth-order valence-corrected chi connectivity index (χ4v) is 1.99. The van der Waals surface area contributed by atoms with Crippen LogP contribution < -0.4 is 0 Å². The van der Waals surface area contributed by atoms with Crippen molar-refractivity contribution < 1.29 is 14.3 Å². The van der Waals surface area contributed by atoms with Crippen molar-refractivity contribution in [1.82, 2.24) is 0 Å². The van der Waals surface area contributed by atoms with E-state index in [1.54, 1.807) is 6.07 Å². The van der Waals surface area contributed by atoms with Crippen molar-refractivity contribution in [2.24, 2.45) is 0 Å². The van der Waals surface area contributed by atoms with E-state index in [1.807, 2.05) is 19.9 Å². The maximum atomic E-state index is 11.8. The molecule has 19 heavy (non-hydrogen) atoms. The number of allylic oxidation sites excluding steroid dienone is 2. The third-order valence-electron chi connectivity index (χ3n) is 2.72. The third kappa shape index (κ3) is 4.21. The summed E-state index contributed by atoms with van der Waals surface area (Å²) in [5, 5.41) is -0.649. The lowest BCUT2D eigenvalue weighted by atomic mass is 9.97. The highest BCUT2D eigenvalue weighted by molar-refractivity contribution is 6.68. The van der Waals surface area contributed by atoms with Gasteiger partial charge in [0.1, 0.15) is 0 Å². The molecular weight excluding hydrogens is 264 g/mol. The molecule has 0 amide bonds. The Morgan fingerprint density at radius 1 is 1.32 bits per heavy atom. The lowest BCUT2D eigenvalue weighted by Crippen LogP contribution is -2.11. The van der Waals surface area contributed by atoms with Gasteiger partial charge in [-0.3, -0.25) is 4.79 Å². The molecule has 1 aromatic rings. The summed E-state index contributed by atoms with van der Waals surface area (Å²) in [6.07, 6.45) is 3.54. The maximum absolute atomic E-state index is 11.8. The normalized spacial score (nSPS) is 9.89. The summed E-state index contributed by atoms with van der Waals surface area (Å²) in [4.78, 5) is 23.2. The zero-order chi connectivity index (χ0) is 14.4. The molecule has 0 radical (unpaired) electrons. The second-order valence-electron chi connectivity index (χ2n) is 4.43. The number of halogens is 1. The number of hydrogen-bond donors (Lipinski definition) is 0. The van der Waals surface area contributed by atoms with E-state index in [-0.39, 0.29) is 11.1 Å². The van der Waals surface area contributed by atoms with Gasteiger partial charge in [-0.25, -0.2) is 4.79 Å². The Balaban J connectivity index is 3.16. The minimum atomic E-state index is -0.649. The summed E-state index contributed by atoms with van der Waals surface area (Å²) >= 11 is 5.51. The molecule has 0 aliphatic rings. The van der Waals surface area contributed by atoms with Crippen LogP contribution in [-0.4, -0.2) is 18.3 Å². The lowest BCUT2D eigenvalue weighted by Gasteiger charge is -2.10. The van der Waals surface area contributed by atoms with Crippen LogP contribution in [0.5, 0.6) is 0 Å². The molecule has 0 atom stereocenters. The first-order valence-corrected chi connectivity index (χ1v) is 6.38. The van der Waals surface area contributed by atoms with Crippen molar-refractivity contribution in [2.75, 3.05) is 7.11 Å². The zero-order valence-corrected chi connectivity index (χ0v) is 12.1. The number of carbonyl (C=O) groups is 2. The van der Waals surface area contributed by atoms with E-state index < -0.39 is 11.2 Å². The van der Waals surface area contributed by atoms with Crippen LogP contribution in [0.2, 0.25) is 0 Å². The van der Waals surface area contributed by atoms with Crippen molar-refractivity contribution in [2.45, 2.75) is 26.7 Å². The van der Waals surface area contributed by atoms with Crippen LogP contribution in [-0.2, 0) is 11.2 Å². The van der Waals surface area contributed by atoms with Crippen LogP contribution in [0.1, 0.15) is 46.5 Å². The molecule has 0 aliphatic carbocycles. The largest absolute Gasteiger partial charge is 0.465 e. The Morgan fingerprint density at radius 2 is 2.00 bits per heavy atom. The number of hydrogen-bond acceptors (Lipinski definition) is 3. The second-order valence-corrected chi connectivity index (χ2v) is 4.77. The molecule has 0 saturated carbocycles. The highest BCUT2D eigenvalue weighted by atomic mass is 35.5. The van der Waals surface area contributed by atoms with Crippen LogP contribution in [0, 0.1) is 0 Å². The van der Waals surface area contributed by atoms with Gasteiger partial charge in [0.05, 0.1) is 12.7 Å². The first-order chi connectivity index (χ1) is 8.97. The molecule has 0 aliphatic heterocycles. The molecule has 1 aromatic carbocycles. The summed E-state index contributed by atoms with van der Waals surface area (Å²) in [7, 11) is 1.29. The van der Waals surface area contributed by atoms with Gasteiger partial charge in [0.25, 0.3) is 5.24 Å². The third-order valence-corrected chi connectivity index (χ3v) is 2.92. The molecular formula is C15H17ClO3. The molecule has 3 nitrogen and oxygen atoms in total.